The van der Waals surface area contributed by atoms with Gasteiger partial charge in [-0.2, -0.15) is 0 Å². The summed E-state index contributed by atoms with van der Waals surface area (Å²) in [5.74, 6) is -6.91. The predicted molar refractivity (Wildman–Crippen MR) is 127 cm³/mol. The van der Waals surface area contributed by atoms with Crippen LogP contribution >= 0.6 is 0 Å². The quantitative estimate of drug-likeness (QED) is 0.301. The molecule has 0 aliphatic heterocycles. The topological polar surface area (TPSA) is 173 Å². The Morgan fingerprint density at radius 3 is 2.53 bits per heavy atom. The third-order valence-electron chi connectivity index (χ3n) is 7.57. The number of rotatable bonds is 6. The predicted octanol–water partition coefficient (Wildman–Crippen LogP) is 0.412. The van der Waals surface area contributed by atoms with Gasteiger partial charge in [0.1, 0.15) is 29.5 Å². The number of carbonyl (C=O) groups is 3. The molecule has 4 rings (SSSR count). The number of hydrogen-bond acceptors (Lipinski definition) is 9. The smallest absolute Gasteiger partial charge is 0.255 e. The fourth-order valence-electron chi connectivity index (χ4n) is 5.81. The van der Waals surface area contributed by atoms with Gasteiger partial charge in [0.25, 0.3) is 5.91 Å². The summed E-state index contributed by atoms with van der Waals surface area (Å²) < 4.78 is 13.0. The number of benzene rings is 1. The van der Waals surface area contributed by atoms with Crippen LogP contribution in [0.5, 0.6) is 5.75 Å². The third-order valence-corrected chi connectivity index (χ3v) is 7.57. The van der Waals surface area contributed by atoms with Crippen molar-refractivity contribution in [3.63, 3.8) is 0 Å². The molecule has 0 spiro atoms. The number of amides is 1. The SMILES string of the molecule is CC(CF)NCc1ccc(O)c2c1CC1CC3C(N(C)C)C(=O)C(C(N)=O)=C(O)C3(O)C(=O)C1=C2O. The maximum Gasteiger partial charge on any atom is 0.255 e. The molecule has 1 fully saturated rings. The standard InChI is InChI=1S/C25H30FN3O7/c1-10(8-26)28-9-11-4-5-15(30)17-13(11)6-12-7-14-19(29(2)3)21(32)18(24(27)35)23(34)25(14,36)22(33)16(12)20(17)31/h4-5,10,12,14,19,28,30-31,34,36H,6-9H2,1-3H3,(H2,27,35). The zero-order valence-corrected chi connectivity index (χ0v) is 20.2. The Kier molecular flexibility index (Phi) is 6.44. The minimum Gasteiger partial charge on any atom is -0.508 e. The van der Waals surface area contributed by atoms with E-state index in [2.05, 4.69) is 5.32 Å². The number of phenols is 1. The number of fused-ring (bicyclic) bond motifs is 3. The Balaban J connectivity index is 1.89. The van der Waals surface area contributed by atoms with Crippen LogP contribution in [0.3, 0.4) is 0 Å². The second-order valence-corrected chi connectivity index (χ2v) is 10.00. The summed E-state index contributed by atoms with van der Waals surface area (Å²) in [5.41, 5.74) is 2.83. The van der Waals surface area contributed by atoms with E-state index in [1.807, 2.05) is 0 Å². The van der Waals surface area contributed by atoms with Gasteiger partial charge in [-0.3, -0.25) is 19.3 Å². The Labute approximate surface area is 206 Å². The highest BCUT2D eigenvalue weighted by Crippen LogP contribution is 2.52. The molecule has 5 atom stereocenters. The molecule has 1 saturated carbocycles. The molecule has 3 aliphatic carbocycles. The van der Waals surface area contributed by atoms with Gasteiger partial charge < -0.3 is 31.5 Å². The molecule has 1 aromatic rings. The number of Topliss-reactive ketones (excluding diaryl/α,β-unsaturated/α-hetero) is 2. The lowest BCUT2D eigenvalue weighted by Gasteiger charge is -2.50. The molecule has 11 heteroatoms. The second kappa shape index (κ2) is 8.99. The van der Waals surface area contributed by atoms with Crippen LogP contribution in [-0.2, 0) is 27.3 Å². The van der Waals surface area contributed by atoms with Crippen molar-refractivity contribution in [1.82, 2.24) is 10.2 Å². The first kappa shape index (κ1) is 25.8. The molecule has 1 amide bonds. The Hall–Kier alpha value is -3.28. The molecule has 0 radical (unpaired) electrons. The normalized spacial score (nSPS) is 28.7. The number of likely N-dealkylation sites (N-methyl/N-ethyl adjacent to an activating group) is 1. The summed E-state index contributed by atoms with van der Waals surface area (Å²) in [6.07, 6.45) is 0.194. The number of aliphatic hydroxyl groups is 3. The van der Waals surface area contributed by atoms with Crippen molar-refractivity contribution in [2.24, 2.45) is 17.6 Å². The highest BCUT2D eigenvalue weighted by atomic mass is 19.1. The van der Waals surface area contributed by atoms with Gasteiger partial charge in [0, 0.05) is 24.1 Å². The summed E-state index contributed by atoms with van der Waals surface area (Å²) in [6, 6.07) is 1.43. The lowest BCUT2D eigenvalue weighted by molar-refractivity contribution is -0.153. The van der Waals surface area contributed by atoms with Crippen molar-refractivity contribution in [3.05, 3.63) is 45.7 Å². The number of nitrogens with two attached hydrogens (primary N) is 1. The first-order valence-electron chi connectivity index (χ1n) is 11.6. The Bertz CT molecular complexity index is 1220. The first-order chi connectivity index (χ1) is 16.9. The number of nitrogens with one attached hydrogen (secondary N) is 1. The van der Waals surface area contributed by atoms with Crippen LogP contribution in [-0.4, -0.2) is 81.3 Å². The zero-order chi connectivity index (χ0) is 26.7. The molecule has 0 aromatic heterocycles. The second-order valence-electron chi connectivity index (χ2n) is 10.00. The lowest BCUT2D eigenvalue weighted by Crippen LogP contribution is -2.65. The molecule has 0 saturated heterocycles. The van der Waals surface area contributed by atoms with Crippen LogP contribution in [0.15, 0.2) is 29.0 Å². The molecule has 3 aliphatic rings. The van der Waals surface area contributed by atoms with E-state index in [9.17, 15) is 39.2 Å². The summed E-state index contributed by atoms with van der Waals surface area (Å²) in [7, 11) is 3.09. The Morgan fingerprint density at radius 1 is 1.28 bits per heavy atom. The Morgan fingerprint density at radius 2 is 1.94 bits per heavy atom. The average molecular weight is 504 g/mol. The molecule has 194 valence electrons. The van der Waals surface area contributed by atoms with E-state index in [0.29, 0.717) is 11.1 Å². The van der Waals surface area contributed by atoms with E-state index in [1.54, 1.807) is 27.1 Å². The molecular formula is C25H30FN3O7. The number of aromatic hydroxyl groups is 1. The number of carbonyl (C=O) groups excluding carboxylic acids is 3. The number of halogens is 1. The molecule has 0 bridgehead atoms. The summed E-state index contributed by atoms with van der Waals surface area (Å²) in [6.45, 7) is 1.33. The highest BCUT2D eigenvalue weighted by Gasteiger charge is 2.64. The van der Waals surface area contributed by atoms with Crippen molar-refractivity contribution in [3.8, 4) is 5.75 Å². The largest absolute Gasteiger partial charge is 0.508 e. The van der Waals surface area contributed by atoms with Crippen LogP contribution in [0.25, 0.3) is 5.76 Å². The average Bonchev–Trinajstić information content (AvgIpc) is 2.80. The first-order valence-corrected chi connectivity index (χ1v) is 11.6. The molecular weight excluding hydrogens is 473 g/mol. The van der Waals surface area contributed by atoms with Crippen LogP contribution in [0.1, 0.15) is 30.0 Å². The van der Waals surface area contributed by atoms with E-state index >= 15 is 0 Å². The molecule has 1 aromatic carbocycles. The number of hydrogen-bond donors (Lipinski definition) is 6. The van der Waals surface area contributed by atoms with Crippen molar-refractivity contribution >= 4 is 23.2 Å². The van der Waals surface area contributed by atoms with Gasteiger partial charge in [-0.05, 0) is 57.0 Å². The van der Waals surface area contributed by atoms with Gasteiger partial charge in [0.2, 0.25) is 5.78 Å². The molecule has 36 heavy (non-hydrogen) atoms. The summed E-state index contributed by atoms with van der Waals surface area (Å²) in [5, 5.41) is 47.2. The molecule has 10 nitrogen and oxygen atoms in total. The molecule has 7 N–H and O–H groups in total. The lowest BCUT2D eigenvalue weighted by atomic mass is 9.57. The highest BCUT2D eigenvalue weighted by molar-refractivity contribution is 6.24. The van der Waals surface area contributed by atoms with E-state index in [4.69, 9.17) is 5.73 Å². The number of primary amides is 1. The van der Waals surface area contributed by atoms with E-state index in [0.717, 1.165) is 0 Å². The van der Waals surface area contributed by atoms with Crippen LogP contribution in [0, 0.1) is 11.8 Å². The summed E-state index contributed by atoms with van der Waals surface area (Å²) >= 11 is 0. The molecule has 0 heterocycles. The van der Waals surface area contributed by atoms with Gasteiger partial charge in [-0.25, -0.2) is 4.39 Å². The number of phenolic OH excluding ortho intramolecular Hbond substituents is 1. The van der Waals surface area contributed by atoms with Gasteiger partial charge >= 0.3 is 0 Å². The van der Waals surface area contributed by atoms with Crippen molar-refractivity contribution in [2.75, 3.05) is 20.8 Å². The fourth-order valence-corrected chi connectivity index (χ4v) is 5.81. The van der Waals surface area contributed by atoms with Gasteiger partial charge in [0.15, 0.2) is 11.4 Å². The van der Waals surface area contributed by atoms with Gasteiger partial charge in [-0.15, -0.1) is 0 Å². The van der Waals surface area contributed by atoms with E-state index in [1.165, 1.54) is 11.0 Å². The zero-order valence-electron chi connectivity index (χ0n) is 20.2. The van der Waals surface area contributed by atoms with E-state index in [-0.39, 0.29) is 36.3 Å². The minimum absolute atomic E-state index is 0.00910. The van der Waals surface area contributed by atoms with Gasteiger partial charge in [0.05, 0.1) is 11.6 Å². The number of aliphatic hydroxyl groups excluding tert-OH is 2. The van der Waals surface area contributed by atoms with Crippen LogP contribution in [0.4, 0.5) is 4.39 Å². The van der Waals surface area contributed by atoms with Gasteiger partial charge in [-0.1, -0.05) is 6.07 Å². The number of alkyl halides is 1. The van der Waals surface area contributed by atoms with Crippen molar-refractivity contribution in [2.45, 2.75) is 44.0 Å². The minimum atomic E-state index is -2.67. The maximum absolute atomic E-state index is 13.8. The van der Waals surface area contributed by atoms with Crippen molar-refractivity contribution < 1.29 is 39.2 Å². The number of nitrogens with zero attached hydrogens (tertiary/aromatic N) is 1. The maximum atomic E-state index is 13.8. The van der Waals surface area contributed by atoms with Crippen molar-refractivity contribution in [1.29, 1.82) is 0 Å². The van der Waals surface area contributed by atoms with E-state index < -0.39 is 70.8 Å². The van der Waals surface area contributed by atoms with Crippen LogP contribution in [0.2, 0.25) is 0 Å². The summed E-state index contributed by atoms with van der Waals surface area (Å²) in [4.78, 5) is 40.3. The van der Waals surface area contributed by atoms with Crippen LogP contribution < -0.4 is 11.1 Å². The monoisotopic (exact) mass is 503 g/mol. The third kappa shape index (κ3) is 3.61. The number of ketones is 2. The molecule has 5 unspecified atom stereocenters. The fraction of sp³-hybridized carbons (Fsp3) is 0.480.